The topological polar surface area (TPSA) is 12.5 Å². The Kier molecular flexibility index (Phi) is 5.66. The van der Waals surface area contributed by atoms with Crippen LogP contribution in [-0.2, 0) is 17.9 Å². The third-order valence-electron chi connectivity index (χ3n) is 5.86. The molecule has 4 rings (SSSR count). The van der Waals surface area contributed by atoms with E-state index in [1.807, 2.05) is 6.07 Å². The summed E-state index contributed by atoms with van der Waals surface area (Å²) in [4.78, 5) is 2.54. The van der Waals surface area contributed by atoms with Gasteiger partial charge in [-0.05, 0) is 67.8 Å². The van der Waals surface area contributed by atoms with Crippen molar-refractivity contribution in [1.29, 1.82) is 0 Å². The highest BCUT2D eigenvalue weighted by molar-refractivity contribution is 5.27. The zero-order chi connectivity index (χ0) is 17.8. The summed E-state index contributed by atoms with van der Waals surface area (Å²) in [5.74, 6) is 1.10. The molecule has 0 radical (unpaired) electrons. The van der Waals surface area contributed by atoms with Crippen LogP contribution in [0.5, 0.6) is 0 Å². The zero-order valence-corrected chi connectivity index (χ0v) is 15.4. The second kappa shape index (κ2) is 8.32. The van der Waals surface area contributed by atoms with Gasteiger partial charge in [-0.3, -0.25) is 4.90 Å². The van der Waals surface area contributed by atoms with Gasteiger partial charge in [-0.15, -0.1) is 0 Å². The standard InChI is InChI=1S/C23H28FNO/c24-23-6-2-1-5-21(23)17-26-16-19-13-22(14-19)20-9-7-18(8-10-20)15-25-11-3-4-12-25/h1-2,5-10,19,22H,3-4,11-17H2. The summed E-state index contributed by atoms with van der Waals surface area (Å²) in [6.45, 7) is 4.70. The maximum absolute atomic E-state index is 13.6. The normalized spacial score (nSPS) is 23.1. The first kappa shape index (κ1) is 17.7. The molecule has 3 heteroatoms. The van der Waals surface area contributed by atoms with E-state index < -0.39 is 0 Å². The number of halogens is 1. The predicted molar refractivity (Wildman–Crippen MR) is 102 cm³/mol. The molecule has 0 atom stereocenters. The lowest BCUT2D eigenvalue weighted by molar-refractivity contribution is 0.0495. The van der Waals surface area contributed by atoms with Crippen molar-refractivity contribution in [2.24, 2.45) is 5.92 Å². The van der Waals surface area contributed by atoms with Gasteiger partial charge >= 0.3 is 0 Å². The predicted octanol–water partition coefficient (Wildman–Crippen LogP) is 5.13. The minimum atomic E-state index is -0.173. The van der Waals surface area contributed by atoms with Crippen molar-refractivity contribution >= 4 is 0 Å². The van der Waals surface area contributed by atoms with Crippen molar-refractivity contribution in [3.63, 3.8) is 0 Å². The van der Waals surface area contributed by atoms with Crippen LogP contribution in [0.15, 0.2) is 48.5 Å². The van der Waals surface area contributed by atoms with Gasteiger partial charge in [0.2, 0.25) is 0 Å². The molecule has 1 aliphatic heterocycles. The fourth-order valence-electron chi connectivity index (χ4n) is 4.19. The van der Waals surface area contributed by atoms with E-state index in [0.717, 1.165) is 13.2 Å². The first-order valence-corrected chi connectivity index (χ1v) is 9.90. The highest BCUT2D eigenvalue weighted by Crippen LogP contribution is 2.41. The van der Waals surface area contributed by atoms with E-state index in [9.17, 15) is 4.39 Å². The summed E-state index contributed by atoms with van der Waals surface area (Å²) in [5.41, 5.74) is 3.54. The smallest absolute Gasteiger partial charge is 0.128 e. The Bertz CT molecular complexity index is 702. The van der Waals surface area contributed by atoms with Crippen molar-refractivity contribution in [3.05, 3.63) is 71.0 Å². The van der Waals surface area contributed by atoms with Crippen molar-refractivity contribution < 1.29 is 9.13 Å². The number of likely N-dealkylation sites (tertiary alicyclic amines) is 1. The number of hydrogen-bond donors (Lipinski definition) is 0. The van der Waals surface area contributed by atoms with Crippen molar-refractivity contribution in [3.8, 4) is 0 Å². The largest absolute Gasteiger partial charge is 0.376 e. The first-order chi connectivity index (χ1) is 12.8. The van der Waals surface area contributed by atoms with Crippen LogP contribution < -0.4 is 0 Å². The van der Waals surface area contributed by atoms with Crippen molar-refractivity contribution in [2.75, 3.05) is 19.7 Å². The van der Waals surface area contributed by atoms with Crippen molar-refractivity contribution in [1.82, 2.24) is 4.90 Å². The van der Waals surface area contributed by atoms with E-state index in [1.165, 1.54) is 56.0 Å². The van der Waals surface area contributed by atoms with Crippen LogP contribution in [0.1, 0.15) is 48.3 Å². The molecule has 0 aromatic heterocycles. The quantitative estimate of drug-likeness (QED) is 0.684. The van der Waals surface area contributed by atoms with Gasteiger partial charge in [0.25, 0.3) is 0 Å². The zero-order valence-electron chi connectivity index (χ0n) is 15.4. The minimum absolute atomic E-state index is 0.173. The molecule has 1 saturated carbocycles. The molecule has 0 amide bonds. The SMILES string of the molecule is Fc1ccccc1COCC1CC(c2ccc(CN3CCCC3)cc2)C1. The van der Waals surface area contributed by atoms with Gasteiger partial charge < -0.3 is 4.74 Å². The van der Waals surface area contributed by atoms with Crippen LogP contribution in [0.4, 0.5) is 4.39 Å². The monoisotopic (exact) mass is 353 g/mol. The molecule has 138 valence electrons. The molecule has 1 aliphatic carbocycles. The van der Waals surface area contributed by atoms with Gasteiger partial charge in [-0.1, -0.05) is 42.5 Å². The lowest BCUT2D eigenvalue weighted by Gasteiger charge is -2.35. The van der Waals surface area contributed by atoms with E-state index in [0.29, 0.717) is 24.0 Å². The second-order valence-electron chi connectivity index (χ2n) is 7.87. The van der Waals surface area contributed by atoms with E-state index in [2.05, 4.69) is 29.2 Å². The summed E-state index contributed by atoms with van der Waals surface area (Å²) in [5, 5.41) is 0. The Balaban J connectivity index is 1.19. The molecule has 0 bridgehead atoms. The molecule has 0 N–H and O–H groups in total. The summed E-state index contributed by atoms with van der Waals surface area (Å²) in [7, 11) is 0. The van der Waals surface area contributed by atoms with Crippen LogP contribution >= 0.6 is 0 Å². The first-order valence-electron chi connectivity index (χ1n) is 9.90. The fraction of sp³-hybridized carbons (Fsp3) is 0.478. The molecule has 1 heterocycles. The van der Waals surface area contributed by atoms with E-state index in [4.69, 9.17) is 4.74 Å². The fourth-order valence-corrected chi connectivity index (χ4v) is 4.19. The molecule has 2 aromatic rings. The molecule has 2 aromatic carbocycles. The highest BCUT2D eigenvalue weighted by Gasteiger charge is 2.30. The highest BCUT2D eigenvalue weighted by atomic mass is 19.1. The molecule has 2 fully saturated rings. The maximum atomic E-state index is 13.6. The third kappa shape index (κ3) is 4.33. The lowest BCUT2D eigenvalue weighted by Crippen LogP contribution is -2.26. The van der Waals surface area contributed by atoms with Crippen LogP contribution in [0.25, 0.3) is 0 Å². The average molecular weight is 353 g/mol. The number of nitrogens with zero attached hydrogens (tertiary/aromatic N) is 1. The van der Waals surface area contributed by atoms with E-state index >= 15 is 0 Å². The summed E-state index contributed by atoms with van der Waals surface area (Å²) in [6, 6.07) is 16.1. The van der Waals surface area contributed by atoms with Crippen molar-refractivity contribution in [2.45, 2.75) is 44.8 Å². The van der Waals surface area contributed by atoms with Crippen LogP contribution in [-0.4, -0.2) is 24.6 Å². The molecule has 26 heavy (non-hydrogen) atoms. The molecule has 2 aliphatic rings. The third-order valence-corrected chi connectivity index (χ3v) is 5.86. The van der Waals surface area contributed by atoms with Gasteiger partial charge in [-0.25, -0.2) is 4.39 Å². The van der Waals surface area contributed by atoms with Gasteiger partial charge in [0.05, 0.1) is 6.61 Å². The van der Waals surface area contributed by atoms with Gasteiger partial charge in [-0.2, -0.15) is 0 Å². The molecular formula is C23H28FNO. The maximum Gasteiger partial charge on any atom is 0.128 e. The van der Waals surface area contributed by atoms with Crippen LogP contribution in [0, 0.1) is 11.7 Å². The van der Waals surface area contributed by atoms with Gasteiger partial charge in [0, 0.05) is 18.7 Å². The Morgan fingerprint density at radius 3 is 2.42 bits per heavy atom. The summed E-state index contributed by atoms with van der Waals surface area (Å²) < 4.78 is 19.3. The second-order valence-corrected chi connectivity index (χ2v) is 7.87. The minimum Gasteiger partial charge on any atom is -0.376 e. The molecular weight excluding hydrogens is 325 g/mol. The molecule has 1 saturated heterocycles. The number of benzene rings is 2. The molecule has 0 unspecified atom stereocenters. The Morgan fingerprint density at radius 1 is 0.962 bits per heavy atom. The van der Waals surface area contributed by atoms with E-state index in [-0.39, 0.29) is 5.82 Å². The molecule has 0 spiro atoms. The number of hydrogen-bond acceptors (Lipinski definition) is 2. The Morgan fingerprint density at radius 2 is 1.69 bits per heavy atom. The lowest BCUT2D eigenvalue weighted by atomic mass is 9.72. The Labute approximate surface area is 156 Å². The average Bonchev–Trinajstić information content (AvgIpc) is 3.12. The van der Waals surface area contributed by atoms with Crippen LogP contribution in [0.2, 0.25) is 0 Å². The van der Waals surface area contributed by atoms with Crippen LogP contribution in [0.3, 0.4) is 0 Å². The number of ether oxygens (including phenoxy) is 1. The Hall–Kier alpha value is -1.71. The molecule has 2 nitrogen and oxygen atoms in total. The van der Waals surface area contributed by atoms with E-state index in [1.54, 1.807) is 12.1 Å². The summed E-state index contributed by atoms with van der Waals surface area (Å²) >= 11 is 0. The summed E-state index contributed by atoms with van der Waals surface area (Å²) in [6.07, 6.45) is 5.06. The van der Waals surface area contributed by atoms with Gasteiger partial charge in [0.15, 0.2) is 0 Å². The number of rotatable bonds is 7. The van der Waals surface area contributed by atoms with Gasteiger partial charge in [0.1, 0.15) is 5.82 Å².